The molecule has 1 heterocycles. The number of hydrogen-bond acceptors (Lipinski definition) is 4. The lowest BCUT2D eigenvalue weighted by molar-refractivity contribution is -0.122. The van der Waals surface area contributed by atoms with Gasteiger partial charge in [-0.2, -0.15) is 0 Å². The highest BCUT2D eigenvalue weighted by atomic mass is 16.5. The third kappa shape index (κ3) is 4.13. The highest BCUT2D eigenvalue weighted by Gasteiger charge is 2.44. The van der Waals surface area contributed by atoms with E-state index in [1.807, 2.05) is 12.1 Å². The minimum absolute atomic E-state index is 0.0551. The molecule has 3 rings (SSSR count). The lowest BCUT2D eigenvalue weighted by Crippen LogP contribution is -2.45. The summed E-state index contributed by atoms with van der Waals surface area (Å²) >= 11 is 0. The van der Waals surface area contributed by atoms with Crippen molar-refractivity contribution in [2.24, 2.45) is 0 Å². The molecule has 3 amide bonds. The lowest BCUT2D eigenvalue weighted by atomic mass is 10.0. The molecule has 0 bridgehead atoms. The Morgan fingerprint density at radius 1 is 1.17 bits per heavy atom. The number of amides is 3. The van der Waals surface area contributed by atoms with Crippen LogP contribution in [-0.2, 0) is 9.59 Å². The molecule has 0 aliphatic carbocycles. The molecule has 2 aromatic carbocycles. The van der Waals surface area contributed by atoms with E-state index in [4.69, 9.17) is 4.74 Å². The molecule has 6 nitrogen and oxygen atoms in total. The molecule has 1 saturated heterocycles. The van der Waals surface area contributed by atoms with E-state index in [1.54, 1.807) is 49.6 Å². The third-order valence-corrected chi connectivity index (χ3v) is 5.24. The maximum absolute atomic E-state index is 13.1. The molecule has 1 fully saturated rings. The topological polar surface area (TPSA) is 66.9 Å². The van der Waals surface area contributed by atoms with Crippen LogP contribution in [0.5, 0.6) is 5.75 Å². The Bertz CT molecular complexity index is 948. The molecule has 1 unspecified atom stereocenters. The van der Waals surface area contributed by atoms with Crippen molar-refractivity contribution < 1.29 is 19.1 Å². The zero-order valence-corrected chi connectivity index (χ0v) is 17.5. The summed E-state index contributed by atoms with van der Waals surface area (Å²) in [7, 11) is 1.55. The van der Waals surface area contributed by atoms with E-state index in [-0.39, 0.29) is 24.8 Å². The largest absolute Gasteiger partial charge is 0.497 e. The summed E-state index contributed by atoms with van der Waals surface area (Å²) in [6.45, 7) is 8.02. The molecule has 156 valence electrons. The van der Waals surface area contributed by atoms with Crippen LogP contribution in [0.1, 0.15) is 42.1 Å². The number of benzene rings is 2. The van der Waals surface area contributed by atoms with Gasteiger partial charge in [0.15, 0.2) is 0 Å². The number of methoxy groups -OCH3 is 1. The second kappa shape index (κ2) is 8.95. The lowest BCUT2D eigenvalue weighted by Gasteiger charge is -2.26. The van der Waals surface area contributed by atoms with Crippen LogP contribution in [0.25, 0.3) is 0 Å². The zero-order chi connectivity index (χ0) is 21.8. The molecule has 0 spiro atoms. The molecule has 1 atom stereocenters. The fourth-order valence-corrected chi connectivity index (χ4v) is 3.53. The van der Waals surface area contributed by atoms with Crippen LogP contribution in [0.3, 0.4) is 0 Å². The smallest absolute Gasteiger partial charge is 0.257 e. The molecule has 30 heavy (non-hydrogen) atoms. The van der Waals surface area contributed by atoms with E-state index in [2.05, 4.69) is 20.4 Å². The van der Waals surface area contributed by atoms with Crippen molar-refractivity contribution in [2.75, 3.05) is 18.6 Å². The summed E-state index contributed by atoms with van der Waals surface area (Å²) in [5.41, 5.74) is 2.06. The average molecular weight is 406 g/mol. The maximum atomic E-state index is 13.1. The number of nitrogens with zero attached hydrogens (tertiary/aromatic N) is 2. The standard InChI is InChI=1S/C24H26N2O4/c1-5-14-25(23(28)18-8-12-20(30-4)13-9-18)21-15-22(27)26(24(21)29)19-10-6-17(7-11-19)16(2)3/h5-13,16,21H,1,14-15H2,2-4H3. The summed E-state index contributed by atoms with van der Waals surface area (Å²) in [5.74, 6) is -0.0763. The van der Waals surface area contributed by atoms with Gasteiger partial charge in [0.2, 0.25) is 5.91 Å². The van der Waals surface area contributed by atoms with Gasteiger partial charge in [0.05, 0.1) is 19.2 Å². The van der Waals surface area contributed by atoms with Gasteiger partial charge in [0.25, 0.3) is 11.8 Å². The van der Waals surface area contributed by atoms with Gasteiger partial charge in [-0.25, -0.2) is 4.90 Å². The van der Waals surface area contributed by atoms with Gasteiger partial charge < -0.3 is 9.64 Å². The average Bonchev–Trinajstić information content (AvgIpc) is 3.05. The van der Waals surface area contributed by atoms with Crippen LogP contribution >= 0.6 is 0 Å². The van der Waals surface area contributed by atoms with Crippen molar-refractivity contribution in [3.8, 4) is 5.75 Å². The summed E-state index contributed by atoms with van der Waals surface area (Å²) < 4.78 is 5.13. The quantitative estimate of drug-likeness (QED) is 0.518. The monoisotopic (exact) mass is 406 g/mol. The van der Waals surface area contributed by atoms with Gasteiger partial charge in [-0.05, 0) is 47.9 Å². The Morgan fingerprint density at radius 3 is 2.33 bits per heavy atom. The Kier molecular flexibility index (Phi) is 6.35. The number of anilines is 1. The first-order valence-electron chi connectivity index (χ1n) is 9.90. The summed E-state index contributed by atoms with van der Waals surface area (Å²) in [6.07, 6.45) is 1.50. The SMILES string of the molecule is C=CCN(C(=O)c1ccc(OC)cc1)C1CC(=O)N(c2ccc(C(C)C)cc2)C1=O. The highest BCUT2D eigenvalue weighted by Crippen LogP contribution is 2.28. The number of carbonyl (C=O) groups excluding carboxylic acids is 3. The Morgan fingerprint density at radius 2 is 1.80 bits per heavy atom. The van der Waals surface area contributed by atoms with Crippen LogP contribution in [-0.4, -0.2) is 42.3 Å². The zero-order valence-electron chi connectivity index (χ0n) is 17.5. The van der Waals surface area contributed by atoms with Crippen LogP contribution < -0.4 is 9.64 Å². The number of rotatable bonds is 7. The molecule has 0 radical (unpaired) electrons. The maximum Gasteiger partial charge on any atom is 0.257 e. The minimum Gasteiger partial charge on any atom is -0.497 e. The molecule has 1 aliphatic rings. The van der Waals surface area contributed by atoms with Crippen molar-refractivity contribution in [3.05, 3.63) is 72.3 Å². The Balaban J connectivity index is 1.86. The van der Waals surface area contributed by atoms with Crippen LogP contribution in [0, 0.1) is 0 Å². The van der Waals surface area contributed by atoms with E-state index in [0.29, 0.717) is 22.9 Å². The van der Waals surface area contributed by atoms with Crippen molar-refractivity contribution in [1.29, 1.82) is 0 Å². The van der Waals surface area contributed by atoms with Crippen LogP contribution in [0.4, 0.5) is 5.69 Å². The molecule has 0 aromatic heterocycles. The number of carbonyl (C=O) groups is 3. The first kappa shape index (κ1) is 21.3. The van der Waals surface area contributed by atoms with E-state index in [1.165, 1.54) is 9.80 Å². The van der Waals surface area contributed by atoms with Crippen LogP contribution in [0.15, 0.2) is 61.2 Å². The minimum atomic E-state index is -0.866. The molecular formula is C24H26N2O4. The molecule has 0 saturated carbocycles. The van der Waals surface area contributed by atoms with E-state index in [9.17, 15) is 14.4 Å². The number of hydrogen-bond donors (Lipinski definition) is 0. The fourth-order valence-electron chi connectivity index (χ4n) is 3.53. The predicted molar refractivity (Wildman–Crippen MR) is 116 cm³/mol. The first-order chi connectivity index (χ1) is 14.4. The second-order valence-electron chi connectivity index (χ2n) is 7.51. The Hall–Kier alpha value is -3.41. The van der Waals surface area contributed by atoms with Gasteiger partial charge in [-0.1, -0.05) is 32.1 Å². The molecule has 0 N–H and O–H groups in total. The fraction of sp³-hybridized carbons (Fsp3) is 0.292. The highest BCUT2D eigenvalue weighted by molar-refractivity contribution is 6.23. The number of imide groups is 1. The van der Waals surface area contributed by atoms with Crippen molar-refractivity contribution >= 4 is 23.4 Å². The molecular weight excluding hydrogens is 380 g/mol. The summed E-state index contributed by atoms with van der Waals surface area (Å²) in [4.78, 5) is 41.5. The van der Waals surface area contributed by atoms with Gasteiger partial charge in [-0.3, -0.25) is 14.4 Å². The van der Waals surface area contributed by atoms with Crippen molar-refractivity contribution in [1.82, 2.24) is 4.90 Å². The van der Waals surface area contributed by atoms with Gasteiger partial charge in [0.1, 0.15) is 11.8 Å². The van der Waals surface area contributed by atoms with Crippen molar-refractivity contribution in [2.45, 2.75) is 32.2 Å². The summed E-state index contributed by atoms with van der Waals surface area (Å²) in [6, 6.07) is 13.2. The molecule has 6 heteroatoms. The normalized spacial score (nSPS) is 16.1. The van der Waals surface area contributed by atoms with Gasteiger partial charge in [-0.15, -0.1) is 6.58 Å². The summed E-state index contributed by atoms with van der Waals surface area (Å²) in [5, 5.41) is 0. The Labute approximate surface area is 176 Å². The first-order valence-corrected chi connectivity index (χ1v) is 9.90. The van der Waals surface area contributed by atoms with Crippen LogP contribution in [0.2, 0.25) is 0 Å². The molecule has 1 aliphatic heterocycles. The third-order valence-electron chi connectivity index (χ3n) is 5.24. The van der Waals surface area contributed by atoms with Gasteiger partial charge in [0, 0.05) is 12.1 Å². The van der Waals surface area contributed by atoms with E-state index in [0.717, 1.165) is 5.56 Å². The number of ether oxygens (including phenoxy) is 1. The molecule has 2 aromatic rings. The van der Waals surface area contributed by atoms with Crippen molar-refractivity contribution in [3.63, 3.8) is 0 Å². The second-order valence-corrected chi connectivity index (χ2v) is 7.51. The van der Waals surface area contributed by atoms with E-state index >= 15 is 0 Å². The predicted octanol–water partition coefficient (Wildman–Crippen LogP) is 3.78. The van der Waals surface area contributed by atoms with E-state index < -0.39 is 11.9 Å². The van der Waals surface area contributed by atoms with Gasteiger partial charge >= 0.3 is 0 Å².